The van der Waals surface area contributed by atoms with E-state index in [4.69, 9.17) is 4.74 Å². The highest BCUT2D eigenvalue weighted by Crippen LogP contribution is 2.24. The van der Waals surface area contributed by atoms with Crippen LogP contribution in [0, 0.1) is 0 Å². The Morgan fingerprint density at radius 3 is 2.40 bits per heavy atom. The summed E-state index contributed by atoms with van der Waals surface area (Å²) in [6, 6.07) is 12.5. The molecule has 1 amide bonds. The molecule has 25 heavy (non-hydrogen) atoms. The van der Waals surface area contributed by atoms with E-state index in [1.54, 1.807) is 0 Å². The summed E-state index contributed by atoms with van der Waals surface area (Å²) in [5, 5.41) is 2.64. The number of benzene rings is 2. The molecule has 1 N–H and O–H groups in total. The molecular formula is C18H18F3NO3. The second-order valence-corrected chi connectivity index (χ2v) is 5.16. The summed E-state index contributed by atoms with van der Waals surface area (Å²) in [6.45, 7) is 2.42. The summed E-state index contributed by atoms with van der Waals surface area (Å²) < 4.78 is 45.6. The van der Waals surface area contributed by atoms with E-state index in [2.05, 4.69) is 10.1 Å². The third-order valence-corrected chi connectivity index (χ3v) is 3.27. The second-order valence-electron chi connectivity index (χ2n) is 5.16. The van der Waals surface area contributed by atoms with Gasteiger partial charge in [0.05, 0.1) is 6.61 Å². The number of hydrogen-bond acceptors (Lipinski definition) is 3. The maximum atomic E-state index is 12.1. The van der Waals surface area contributed by atoms with Gasteiger partial charge in [-0.1, -0.05) is 18.2 Å². The van der Waals surface area contributed by atoms with Gasteiger partial charge in [0.2, 0.25) is 5.91 Å². The van der Waals surface area contributed by atoms with Crippen LogP contribution in [0.3, 0.4) is 0 Å². The van der Waals surface area contributed by atoms with E-state index >= 15 is 0 Å². The minimum absolute atomic E-state index is 0.227. The quantitative estimate of drug-likeness (QED) is 0.794. The molecule has 7 heteroatoms. The molecule has 0 saturated carbocycles. The lowest BCUT2D eigenvalue weighted by atomic mass is 10.1. The molecule has 2 rings (SSSR count). The number of aryl methyl sites for hydroxylation is 1. The highest BCUT2D eigenvalue weighted by Gasteiger charge is 2.30. The molecule has 0 fully saturated rings. The van der Waals surface area contributed by atoms with Crippen molar-refractivity contribution in [2.75, 3.05) is 11.9 Å². The van der Waals surface area contributed by atoms with Gasteiger partial charge >= 0.3 is 6.36 Å². The number of anilines is 1. The summed E-state index contributed by atoms with van der Waals surface area (Å²) in [6.07, 6.45) is -4.01. The molecule has 0 heterocycles. The number of ether oxygens (including phenoxy) is 2. The largest absolute Gasteiger partial charge is 0.573 e. The van der Waals surface area contributed by atoms with Crippen molar-refractivity contribution in [1.29, 1.82) is 0 Å². The van der Waals surface area contributed by atoms with Crippen molar-refractivity contribution >= 4 is 11.6 Å². The van der Waals surface area contributed by atoms with Crippen molar-refractivity contribution in [3.8, 4) is 11.5 Å². The first kappa shape index (κ1) is 18.6. The fraction of sp³-hybridized carbons (Fsp3) is 0.278. The summed E-state index contributed by atoms with van der Waals surface area (Å²) in [5.74, 6) is 0.165. The molecule has 0 unspecified atom stereocenters. The zero-order valence-corrected chi connectivity index (χ0v) is 13.6. The summed E-state index contributed by atoms with van der Waals surface area (Å²) in [5.41, 5.74) is 1.33. The van der Waals surface area contributed by atoms with Crippen LogP contribution < -0.4 is 14.8 Å². The minimum Gasteiger partial charge on any atom is -0.494 e. The molecule has 2 aromatic rings. The first-order chi connectivity index (χ1) is 11.9. The van der Waals surface area contributed by atoms with Crippen molar-refractivity contribution in [1.82, 2.24) is 0 Å². The lowest BCUT2D eigenvalue weighted by Crippen LogP contribution is -2.17. The lowest BCUT2D eigenvalue weighted by Gasteiger charge is -2.11. The molecule has 0 aliphatic rings. The van der Waals surface area contributed by atoms with Crippen molar-refractivity contribution in [2.24, 2.45) is 0 Å². The van der Waals surface area contributed by atoms with E-state index in [0.717, 1.165) is 23.4 Å². The average Bonchev–Trinajstić information content (AvgIpc) is 2.55. The van der Waals surface area contributed by atoms with Gasteiger partial charge in [-0.15, -0.1) is 13.2 Å². The van der Waals surface area contributed by atoms with Crippen molar-refractivity contribution in [3.05, 3.63) is 54.1 Å². The van der Waals surface area contributed by atoms with Gasteiger partial charge in [-0.05, 0) is 49.2 Å². The topological polar surface area (TPSA) is 47.6 Å². The number of halogens is 3. The van der Waals surface area contributed by atoms with Gasteiger partial charge in [0.15, 0.2) is 0 Å². The van der Waals surface area contributed by atoms with Gasteiger partial charge in [0.25, 0.3) is 0 Å². The number of para-hydroxylation sites is 1. The first-order valence-electron chi connectivity index (χ1n) is 7.74. The van der Waals surface area contributed by atoms with Gasteiger partial charge in [0.1, 0.15) is 11.5 Å². The van der Waals surface area contributed by atoms with Crippen LogP contribution in [0.2, 0.25) is 0 Å². The van der Waals surface area contributed by atoms with Crippen molar-refractivity contribution < 1.29 is 27.4 Å². The Kier molecular flexibility index (Phi) is 6.27. The van der Waals surface area contributed by atoms with E-state index < -0.39 is 6.36 Å². The van der Waals surface area contributed by atoms with Crippen LogP contribution in [0.1, 0.15) is 18.9 Å². The molecule has 0 atom stereocenters. The Balaban J connectivity index is 1.88. The lowest BCUT2D eigenvalue weighted by molar-refractivity contribution is -0.274. The molecule has 4 nitrogen and oxygen atoms in total. The van der Waals surface area contributed by atoms with E-state index in [1.807, 2.05) is 31.2 Å². The van der Waals surface area contributed by atoms with Crippen LogP contribution in [0.25, 0.3) is 0 Å². The molecule has 0 aliphatic heterocycles. The Labute approximate surface area is 143 Å². The summed E-state index contributed by atoms with van der Waals surface area (Å²) >= 11 is 0. The number of nitrogens with one attached hydrogen (secondary N) is 1. The van der Waals surface area contributed by atoms with Crippen LogP contribution in [-0.2, 0) is 11.2 Å². The maximum Gasteiger partial charge on any atom is 0.573 e. The van der Waals surface area contributed by atoms with Crippen LogP contribution in [0.15, 0.2) is 48.5 Å². The van der Waals surface area contributed by atoms with Crippen LogP contribution in [-0.4, -0.2) is 18.9 Å². The molecular weight excluding hydrogens is 335 g/mol. The Hall–Kier alpha value is -2.70. The predicted octanol–water partition coefficient (Wildman–Crippen LogP) is 4.56. The number of hydrogen-bond donors (Lipinski definition) is 1. The molecule has 0 aromatic heterocycles. The van der Waals surface area contributed by atoms with Crippen molar-refractivity contribution in [2.45, 2.75) is 26.1 Å². The zero-order valence-electron chi connectivity index (χ0n) is 13.6. The van der Waals surface area contributed by atoms with Gasteiger partial charge in [0, 0.05) is 12.1 Å². The predicted molar refractivity (Wildman–Crippen MR) is 87.7 cm³/mol. The second kappa shape index (κ2) is 8.41. The molecule has 0 bridgehead atoms. The fourth-order valence-electron chi connectivity index (χ4n) is 2.22. The molecule has 0 radical (unpaired) electrons. The average molecular weight is 353 g/mol. The highest BCUT2D eigenvalue weighted by molar-refractivity contribution is 5.90. The van der Waals surface area contributed by atoms with Gasteiger partial charge in [-0.25, -0.2) is 0 Å². The first-order valence-corrected chi connectivity index (χ1v) is 7.74. The van der Waals surface area contributed by atoms with Crippen LogP contribution >= 0.6 is 0 Å². The fourth-order valence-corrected chi connectivity index (χ4v) is 2.22. The monoisotopic (exact) mass is 353 g/mol. The zero-order chi connectivity index (χ0) is 18.3. The van der Waals surface area contributed by atoms with Crippen LogP contribution in [0.5, 0.6) is 11.5 Å². The van der Waals surface area contributed by atoms with Gasteiger partial charge in [-0.2, -0.15) is 0 Å². The third kappa shape index (κ3) is 6.37. The molecule has 0 spiro atoms. The number of rotatable bonds is 7. The molecule has 0 saturated heterocycles. The van der Waals surface area contributed by atoms with E-state index in [1.165, 1.54) is 12.1 Å². The molecule has 0 aliphatic carbocycles. The summed E-state index contributed by atoms with van der Waals surface area (Å²) in [7, 11) is 0. The minimum atomic E-state index is -4.74. The van der Waals surface area contributed by atoms with E-state index in [0.29, 0.717) is 18.7 Å². The van der Waals surface area contributed by atoms with Crippen LogP contribution in [0.4, 0.5) is 18.9 Å². The van der Waals surface area contributed by atoms with Gasteiger partial charge < -0.3 is 14.8 Å². The maximum absolute atomic E-state index is 12.1. The number of carbonyl (C=O) groups is 1. The normalized spacial score (nSPS) is 11.0. The number of carbonyl (C=O) groups excluding carboxylic acids is 1. The highest BCUT2D eigenvalue weighted by atomic mass is 19.4. The smallest absolute Gasteiger partial charge is 0.494 e. The Morgan fingerprint density at radius 2 is 1.76 bits per heavy atom. The molecule has 134 valence electrons. The van der Waals surface area contributed by atoms with Gasteiger partial charge in [-0.3, -0.25) is 4.79 Å². The number of amides is 1. The third-order valence-electron chi connectivity index (χ3n) is 3.27. The SMILES string of the molecule is CCOc1ccccc1CCC(=O)Nc1ccc(OC(F)(F)F)cc1. The Morgan fingerprint density at radius 1 is 1.08 bits per heavy atom. The summed E-state index contributed by atoms with van der Waals surface area (Å²) in [4.78, 5) is 12.0. The van der Waals surface area contributed by atoms with E-state index in [9.17, 15) is 18.0 Å². The number of alkyl halides is 3. The molecule has 2 aromatic carbocycles. The van der Waals surface area contributed by atoms with Crippen molar-refractivity contribution in [3.63, 3.8) is 0 Å². The Bertz CT molecular complexity index is 699. The van der Waals surface area contributed by atoms with E-state index in [-0.39, 0.29) is 18.1 Å². The standard InChI is InChI=1S/C18H18F3NO3/c1-2-24-16-6-4-3-5-13(16)7-12-17(23)22-14-8-10-15(11-9-14)25-18(19,20)21/h3-6,8-11H,2,7,12H2,1H3,(H,22,23).